The summed E-state index contributed by atoms with van der Waals surface area (Å²) in [6.07, 6.45) is 6.64. The summed E-state index contributed by atoms with van der Waals surface area (Å²) in [6.45, 7) is 1.18. The average molecular weight is 390 g/mol. The zero-order valence-corrected chi connectivity index (χ0v) is 16.9. The van der Waals surface area contributed by atoms with E-state index in [9.17, 15) is 4.79 Å². The number of aromatic nitrogens is 3. The highest BCUT2D eigenvalue weighted by Crippen LogP contribution is 2.27. The van der Waals surface area contributed by atoms with E-state index in [4.69, 9.17) is 9.40 Å². The molecule has 6 heteroatoms. The first-order valence-corrected chi connectivity index (χ1v) is 10.5. The van der Waals surface area contributed by atoms with Crippen molar-refractivity contribution in [1.29, 1.82) is 0 Å². The Bertz CT molecular complexity index is 1030. The molecule has 0 fully saturated rings. The van der Waals surface area contributed by atoms with Crippen molar-refractivity contribution in [3.63, 3.8) is 0 Å². The molecule has 1 aliphatic carbocycles. The molecule has 29 heavy (non-hydrogen) atoms. The van der Waals surface area contributed by atoms with Gasteiger partial charge in [-0.25, -0.2) is 4.98 Å². The summed E-state index contributed by atoms with van der Waals surface area (Å²) in [4.78, 5) is 19.9. The van der Waals surface area contributed by atoms with Gasteiger partial charge in [0.25, 0.3) is 5.91 Å². The number of aryl methyl sites for hydroxylation is 4. The number of benzene rings is 1. The van der Waals surface area contributed by atoms with Gasteiger partial charge in [-0.2, -0.15) is 5.10 Å². The first kappa shape index (κ1) is 18.2. The zero-order chi connectivity index (χ0) is 19.8. The summed E-state index contributed by atoms with van der Waals surface area (Å²) >= 11 is 0. The minimum absolute atomic E-state index is 0.0719. The molecule has 3 aromatic rings. The van der Waals surface area contributed by atoms with Crippen LogP contribution in [-0.4, -0.2) is 32.1 Å². The van der Waals surface area contributed by atoms with E-state index in [-0.39, 0.29) is 5.91 Å². The van der Waals surface area contributed by atoms with Crippen molar-refractivity contribution in [2.45, 2.75) is 51.5 Å². The predicted octanol–water partition coefficient (Wildman–Crippen LogP) is 3.27. The van der Waals surface area contributed by atoms with Crippen LogP contribution in [0.25, 0.3) is 0 Å². The summed E-state index contributed by atoms with van der Waals surface area (Å²) in [6, 6.07) is 10.4. The monoisotopic (exact) mass is 390 g/mol. The standard InChI is InChI=1S/C23H26N4O2/c1-26-22(17-9-5-6-10-18(17)25-26)23(28)27-14-13-20-19(15-27)24-21(29-20)12-11-16-7-3-2-4-8-16/h2-4,7-8H,5-6,9-15H2,1H3. The minimum Gasteiger partial charge on any atom is -0.445 e. The average Bonchev–Trinajstić information content (AvgIpc) is 3.31. The lowest BCUT2D eigenvalue weighted by molar-refractivity contribution is 0.0715. The molecule has 1 aromatic carbocycles. The Balaban J connectivity index is 1.30. The van der Waals surface area contributed by atoms with Crippen LogP contribution in [-0.2, 0) is 45.7 Å². The molecule has 0 atom stereocenters. The van der Waals surface area contributed by atoms with Gasteiger partial charge in [-0.15, -0.1) is 0 Å². The first-order chi connectivity index (χ1) is 14.2. The maximum absolute atomic E-state index is 13.3. The molecule has 0 bridgehead atoms. The molecule has 0 radical (unpaired) electrons. The number of carbonyl (C=O) groups is 1. The Morgan fingerprint density at radius 2 is 1.90 bits per heavy atom. The lowest BCUT2D eigenvalue weighted by Gasteiger charge is -2.26. The second kappa shape index (κ2) is 7.50. The second-order valence-corrected chi connectivity index (χ2v) is 8.04. The Morgan fingerprint density at radius 3 is 2.76 bits per heavy atom. The van der Waals surface area contributed by atoms with Gasteiger partial charge in [0, 0.05) is 32.0 Å². The lowest BCUT2D eigenvalue weighted by atomic mass is 9.95. The molecule has 0 spiro atoms. The van der Waals surface area contributed by atoms with Gasteiger partial charge in [0.15, 0.2) is 5.89 Å². The van der Waals surface area contributed by atoms with Crippen molar-refractivity contribution in [2.75, 3.05) is 6.54 Å². The van der Waals surface area contributed by atoms with E-state index in [1.807, 2.05) is 18.0 Å². The van der Waals surface area contributed by atoms with Crippen LogP contribution in [0.2, 0.25) is 0 Å². The smallest absolute Gasteiger partial charge is 0.272 e. The van der Waals surface area contributed by atoms with Crippen LogP contribution in [0.3, 0.4) is 0 Å². The number of hydrogen-bond donors (Lipinski definition) is 0. The lowest BCUT2D eigenvalue weighted by Crippen LogP contribution is -2.37. The molecule has 0 saturated carbocycles. The summed E-state index contributed by atoms with van der Waals surface area (Å²) in [5.74, 6) is 1.78. The number of carbonyl (C=O) groups excluding carboxylic acids is 1. The van der Waals surface area contributed by atoms with Crippen LogP contribution in [0.5, 0.6) is 0 Å². The summed E-state index contributed by atoms with van der Waals surface area (Å²) < 4.78 is 7.77. The topological polar surface area (TPSA) is 64.2 Å². The van der Waals surface area contributed by atoms with Gasteiger partial charge in [0.05, 0.1) is 12.2 Å². The summed E-state index contributed by atoms with van der Waals surface area (Å²) in [7, 11) is 1.89. The van der Waals surface area contributed by atoms with Gasteiger partial charge in [-0.1, -0.05) is 30.3 Å². The second-order valence-electron chi connectivity index (χ2n) is 8.04. The SMILES string of the molecule is Cn1nc2c(c1C(=O)N1CCc3oc(CCc4ccccc4)nc3C1)CCCC2. The van der Waals surface area contributed by atoms with E-state index >= 15 is 0 Å². The largest absolute Gasteiger partial charge is 0.445 e. The number of oxazole rings is 1. The fourth-order valence-corrected chi connectivity index (χ4v) is 4.53. The fraction of sp³-hybridized carbons (Fsp3) is 0.435. The van der Waals surface area contributed by atoms with Crippen LogP contribution < -0.4 is 0 Å². The fourth-order valence-electron chi connectivity index (χ4n) is 4.53. The van der Waals surface area contributed by atoms with Crippen molar-refractivity contribution in [3.8, 4) is 0 Å². The third kappa shape index (κ3) is 3.48. The Morgan fingerprint density at radius 1 is 1.07 bits per heavy atom. The third-order valence-corrected chi connectivity index (χ3v) is 6.05. The van der Waals surface area contributed by atoms with Crippen molar-refractivity contribution in [2.24, 2.45) is 7.05 Å². The van der Waals surface area contributed by atoms with Gasteiger partial charge >= 0.3 is 0 Å². The number of fused-ring (bicyclic) bond motifs is 2. The van der Waals surface area contributed by atoms with Gasteiger partial charge in [0.2, 0.25) is 0 Å². The van der Waals surface area contributed by atoms with Gasteiger partial charge in [-0.05, 0) is 37.7 Å². The molecule has 0 unspecified atom stereocenters. The van der Waals surface area contributed by atoms with Crippen LogP contribution in [0.1, 0.15) is 57.5 Å². The molecule has 1 amide bonds. The summed E-state index contributed by atoms with van der Waals surface area (Å²) in [5.41, 5.74) is 5.20. The highest BCUT2D eigenvalue weighted by molar-refractivity contribution is 5.94. The normalized spacial score (nSPS) is 15.8. The quantitative estimate of drug-likeness (QED) is 0.686. The Kier molecular flexibility index (Phi) is 4.70. The molecule has 5 rings (SSSR count). The zero-order valence-electron chi connectivity index (χ0n) is 16.9. The molecular formula is C23H26N4O2. The third-order valence-electron chi connectivity index (χ3n) is 6.05. The van der Waals surface area contributed by atoms with Gasteiger partial charge < -0.3 is 9.32 Å². The number of rotatable bonds is 4. The molecule has 0 N–H and O–H groups in total. The van der Waals surface area contributed by atoms with Crippen LogP contribution in [0, 0.1) is 0 Å². The van der Waals surface area contributed by atoms with Crippen LogP contribution >= 0.6 is 0 Å². The molecule has 2 aliphatic rings. The van der Waals surface area contributed by atoms with Crippen molar-refractivity contribution in [1.82, 2.24) is 19.7 Å². The van der Waals surface area contributed by atoms with Crippen molar-refractivity contribution in [3.05, 3.63) is 70.2 Å². The maximum Gasteiger partial charge on any atom is 0.272 e. The minimum atomic E-state index is 0.0719. The highest BCUT2D eigenvalue weighted by Gasteiger charge is 2.31. The van der Waals surface area contributed by atoms with E-state index in [0.717, 1.165) is 79.2 Å². The molecular weight excluding hydrogens is 364 g/mol. The molecule has 3 heterocycles. The van der Waals surface area contributed by atoms with Gasteiger partial charge in [-0.3, -0.25) is 9.48 Å². The Hall–Kier alpha value is -2.89. The van der Waals surface area contributed by atoms with E-state index < -0.39 is 0 Å². The molecule has 6 nitrogen and oxygen atoms in total. The van der Waals surface area contributed by atoms with E-state index in [1.54, 1.807) is 4.68 Å². The summed E-state index contributed by atoms with van der Waals surface area (Å²) in [5, 5.41) is 4.60. The molecule has 150 valence electrons. The van der Waals surface area contributed by atoms with E-state index in [0.29, 0.717) is 13.1 Å². The van der Waals surface area contributed by atoms with Crippen LogP contribution in [0.15, 0.2) is 34.7 Å². The molecule has 1 aliphatic heterocycles. The van der Waals surface area contributed by atoms with Gasteiger partial charge in [0.1, 0.15) is 17.1 Å². The van der Waals surface area contributed by atoms with E-state index in [2.05, 4.69) is 29.4 Å². The number of nitrogens with zero attached hydrogens (tertiary/aromatic N) is 4. The van der Waals surface area contributed by atoms with Crippen molar-refractivity contribution >= 4 is 5.91 Å². The highest BCUT2D eigenvalue weighted by atomic mass is 16.4. The number of hydrogen-bond acceptors (Lipinski definition) is 4. The van der Waals surface area contributed by atoms with Crippen LogP contribution in [0.4, 0.5) is 0 Å². The van der Waals surface area contributed by atoms with E-state index in [1.165, 1.54) is 5.56 Å². The molecule has 0 saturated heterocycles. The van der Waals surface area contributed by atoms with Crippen molar-refractivity contribution < 1.29 is 9.21 Å². The predicted molar refractivity (Wildman–Crippen MR) is 109 cm³/mol. The maximum atomic E-state index is 13.3. The number of amides is 1. The first-order valence-electron chi connectivity index (χ1n) is 10.5. The Labute approximate surface area is 170 Å². The molecule has 2 aromatic heterocycles.